The Kier molecular flexibility index (Phi) is 6.43. The summed E-state index contributed by atoms with van der Waals surface area (Å²) in [6.07, 6.45) is 2.08. The summed E-state index contributed by atoms with van der Waals surface area (Å²) in [6.45, 7) is -0.917. The number of halogens is 2. The summed E-state index contributed by atoms with van der Waals surface area (Å²) in [7, 11) is -6.00. The number of alkyl halides is 2. The van der Waals surface area contributed by atoms with Crippen molar-refractivity contribution in [2.75, 3.05) is 6.61 Å². The van der Waals surface area contributed by atoms with Gasteiger partial charge in [0.25, 0.3) is 6.29 Å². The fourth-order valence-corrected chi connectivity index (χ4v) is 6.09. The van der Waals surface area contributed by atoms with Crippen molar-refractivity contribution < 1.29 is 51.3 Å². The van der Waals surface area contributed by atoms with Crippen molar-refractivity contribution >= 4 is 16.1 Å². The molecule has 0 spiro atoms. The third kappa shape index (κ3) is 4.41. The second kappa shape index (κ2) is 8.66. The predicted octanol–water partition coefficient (Wildman–Crippen LogP) is 2.20. The van der Waals surface area contributed by atoms with Crippen LogP contribution in [0.25, 0.3) is 0 Å². The van der Waals surface area contributed by atoms with Crippen molar-refractivity contribution in [1.82, 2.24) is 0 Å². The van der Waals surface area contributed by atoms with Crippen LogP contribution in [0.4, 0.5) is 8.78 Å². The van der Waals surface area contributed by atoms with E-state index in [-0.39, 0.29) is 17.6 Å². The number of hydrogen-bond acceptors (Lipinski definition) is 8. The SMILES string of the molecule is O=C(COc1ccc2c(c1)C1CCCC1(O)CCC1(O)CCCC21)OC(O)C(F)(F)S(=O)(=O)O. The van der Waals surface area contributed by atoms with Gasteiger partial charge in [0, 0.05) is 11.8 Å². The maximum Gasteiger partial charge on any atom is 0.430 e. The molecule has 190 valence electrons. The second-order valence-electron chi connectivity index (χ2n) is 9.56. The van der Waals surface area contributed by atoms with E-state index >= 15 is 0 Å². The zero-order valence-electron chi connectivity index (χ0n) is 18.3. The number of benzene rings is 1. The molecule has 0 bridgehead atoms. The highest BCUT2D eigenvalue weighted by atomic mass is 32.2. The molecule has 5 atom stereocenters. The van der Waals surface area contributed by atoms with Crippen LogP contribution < -0.4 is 4.74 Å². The lowest BCUT2D eigenvalue weighted by Gasteiger charge is -2.41. The Morgan fingerprint density at radius 3 is 2.18 bits per heavy atom. The summed E-state index contributed by atoms with van der Waals surface area (Å²) in [5.41, 5.74) is -0.142. The van der Waals surface area contributed by atoms with E-state index in [2.05, 4.69) is 4.74 Å². The Morgan fingerprint density at radius 2 is 1.62 bits per heavy atom. The van der Waals surface area contributed by atoms with E-state index < -0.39 is 45.4 Å². The van der Waals surface area contributed by atoms with Gasteiger partial charge in [-0.05, 0) is 74.6 Å². The monoisotopic (exact) mass is 506 g/mol. The highest BCUT2D eigenvalue weighted by molar-refractivity contribution is 7.86. The van der Waals surface area contributed by atoms with Crippen molar-refractivity contribution in [3.8, 4) is 5.75 Å². The van der Waals surface area contributed by atoms with Crippen LogP contribution >= 0.6 is 0 Å². The van der Waals surface area contributed by atoms with Crippen LogP contribution in [0.1, 0.15) is 74.3 Å². The molecule has 2 fully saturated rings. The first-order valence-corrected chi connectivity index (χ1v) is 12.6. The van der Waals surface area contributed by atoms with E-state index in [1.165, 1.54) is 0 Å². The number of fused-ring (bicyclic) bond motifs is 5. The molecule has 0 amide bonds. The summed E-state index contributed by atoms with van der Waals surface area (Å²) in [6, 6.07) is 5.00. The van der Waals surface area contributed by atoms with Gasteiger partial charge in [-0.25, -0.2) is 4.79 Å². The van der Waals surface area contributed by atoms with Crippen LogP contribution in [0, 0.1) is 0 Å². The summed E-state index contributed by atoms with van der Waals surface area (Å²) >= 11 is 0. The van der Waals surface area contributed by atoms with E-state index in [9.17, 15) is 37.3 Å². The summed E-state index contributed by atoms with van der Waals surface area (Å²) in [5, 5.41) is 26.8. The summed E-state index contributed by atoms with van der Waals surface area (Å²) < 4.78 is 65.8. The van der Waals surface area contributed by atoms with Crippen molar-refractivity contribution in [2.45, 2.75) is 85.9 Å². The smallest absolute Gasteiger partial charge is 0.430 e. The van der Waals surface area contributed by atoms with Crippen LogP contribution in [0.3, 0.4) is 0 Å². The van der Waals surface area contributed by atoms with Crippen molar-refractivity contribution in [3.05, 3.63) is 29.3 Å². The van der Waals surface area contributed by atoms with Gasteiger partial charge in [0.1, 0.15) is 5.75 Å². The van der Waals surface area contributed by atoms with Crippen LogP contribution in [0.15, 0.2) is 18.2 Å². The molecule has 12 heteroatoms. The quantitative estimate of drug-likeness (QED) is 0.259. The molecule has 0 aliphatic heterocycles. The van der Waals surface area contributed by atoms with Crippen molar-refractivity contribution in [3.63, 3.8) is 0 Å². The first-order valence-electron chi connectivity index (χ1n) is 11.2. The Bertz CT molecular complexity index is 1060. The van der Waals surface area contributed by atoms with Gasteiger partial charge < -0.3 is 24.8 Å². The van der Waals surface area contributed by atoms with Gasteiger partial charge >= 0.3 is 21.3 Å². The second-order valence-corrected chi connectivity index (χ2v) is 11.0. The first kappa shape index (κ1) is 25.2. The van der Waals surface area contributed by atoms with Gasteiger partial charge in [-0.2, -0.15) is 17.2 Å². The molecular weight excluding hydrogens is 478 g/mol. The predicted molar refractivity (Wildman–Crippen MR) is 113 cm³/mol. The lowest BCUT2D eigenvalue weighted by atomic mass is 9.69. The Balaban J connectivity index is 1.53. The number of aliphatic hydroxyl groups is 3. The maximum atomic E-state index is 13.4. The molecular formula is C22H28F2O9S. The first-order chi connectivity index (χ1) is 15.8. The molecule has 5 unspecified atom stereocenters. The zero-order chi connectivity index (χ0) is 24.9. The number of carbonyl (C=O) groups excluding carboxylic acids is 1. The minimum absolute atomic E-state index is 0.0931. The lowest BCUT2D eigenvalue weighted by molar-refractivity contribution is -0.206. The third-order valence-electron chi connectivity index (χ3n) is 7.53. The number of hydrogen-bond donors (Lipinski definition) is 4. The summed E-state index contributed by atoms with van der Waals surface area (Å²) in [4.78, 5) is 11.8. The minimum Gasteiger partial charge on any atom is -0.482 e. The largest absolute Gasteiger partial charge is 0.482 e. The van der Waals surface area contributed by atoms with Crippen LogP contribution in [-0.2, 0) is 19.6 Å². The fourth-order valence-electron chi connectivity index (χ4n) is 5.79. The van der Waals surface area contributed by atoms with Crippen molar-refractivity contribution in [2.24, 2.45) is 0 Å². The number of carbonyl (C=O) groups is 1. The highest BCUT2D eigenvalue weighted by Gasteiger charge is 2.54. The van der Waals surface area contributed by atoms with Gasteiger partial charge in [-0.1, -0.05) is 6.07 Å². The molecule has 9 nitrogen and oxygen atoms in total. The Labute approximate surface area is 195 Å². The zero-order valence-corrected chi connectivity index (χ0v) is 19.1. The van der Waals surface area contributed by atoms with E-state index in [0.29, 0.717) is 25.7 Å². The van der Waals surface area contributed by atoms with Crippen LogP contribution in [0.2, 0.25) is 0 Å². The molecule has 1 aromatic rings. The van der Waals surface area contributed by atoms with Crippen LogP contribution in [-0.4, -0.2) is 63.6 Å². The van der Waals surface area contributed by atoms with Gasteiger partial charge in [0.05, 0.1) is 11.2 Å². The van der Waals surface area contributed by atoms with E-state index in [4.69, 9.17) is 9.29 Å². The fraction of sp³-hybridized carbons (Fsp3) is 0.682. The topological polar surface area (TPSA) is 151 Å². The molecule has 3 aliphatic carbocycles. The third-order valence-corrected chi connectivity index (χ3v) is 8.42. The number of rotatable bonds is 6. The van der Waals surface area contributed by atoms with Gasteiger partial charge in [-0.3, -0.25) is 4.55 Å². The van der Waals surface area contributed by atoms with Crippen molar-refractivity contribution in [1.29, 1.82) is 0 Å². The molecule has 0 saturated heterocycles. The molecule has 0 radical (unpaired) electrons. The van der Waals surface area contributed by atoms with Gasteiger partial charge in [-0.15, -0.1) is 0 Å². The van der Waals surface area contributed by atoms with Crippen LogP contribution in [0.5, 0.6) is 5.75 Å². The van der Waals surface area contributed by atoms with E-state index in [0.717, 1.165) is 36.8 Å². The van der Waals surface area contributed by atoms with E-state index in [1.54, 1.807) is 18.2 Å². The molecule has 4 N–H and O–H groups in total. The Hall–Kier alpha value is -1.86. The number of esters is 1. The lowest BCUT2D eigenvalue weighted by Crippen LogP contribution is -2.44. The highest BCUT2D eigenvalue weighted by Crippen LogP contribution is 2.56. The normalized spacial score (nSPS) is 32.1. The molecule has 34 heavy (non-hydrogen) atoms. The molecule has 3 aliphatic rings. The Morgan fingerprint density at radius 1 is 1.06 bits per heavy atom. The molecule has 0 heterocycles. The number of ether oxygens (including phenoxy) is 2. The number of aliphatic hydroxyl groups excluding tert-OH is 1. The minimum atomic E-state index is -6.00. The van der Waals surface area contributed by atoms with E-state index in [1.807, 2.05) is 0 Å². The molecule has 2 saturated carbocycles. The average Bonchev–Trinajstić information content (AvgIpc) is 3.32. The molecule has 0 aromatic heterocycles. The standard InChI is InChI=1S/C22H28F2O9S/c23-22(24,34(29,30)31)19(26)33-18(25)12-32-13-5-6-14-15(11-13)17-4-2-8-21(17,28)10-9-20(27)7-1-3-16(14)20/h5-6,11,16-17,19,26-28H,1-4,7-10,12H2,(H,29,30,31). The van der Waals surface area contributed by atoms with Gasteiger partial charge in [0.15, 0.2) is 6.61 Å². The maximum absolute atomic E-state index is 13.4. The molecule has 1 aromatic carbocycles. The van der Waals surface area contributed by atoms with Gasteiger partial charge in [0.2, 0.25) is 0 Å². The molecule has 4 rings (SSSR count). The summed E-state index contributed by atoms with van der Waals surface area (Å²) in [5.74, 6) is -1.57. The average molecular weight is 507 g/mol.